The molecule has 2 nitrogen and oxygen atoms in total. The van der Waals surface area contributed by atoms with E-state index in [-0.39, 0.29) is 5.41 Å². The summed E-state index contributed by atoms with van der Waals surface area (Å²) in [6, 6.07) is 0. The number of hydrogen-bond acceptors (Lipinski definition) is 3. The van der Waals surface area contributed by atoms with Crippen LogP contribution in [0, 0.1) is 5.41 Å². The molecule has 0 fully saturated rings. The SMILES string of the molecule is C=C(C)S/C=C(\C)CC(C)(C)C(=C)N=NC. The lowest BCUT2D eigenvalue weighted by Crippen LogP contribution is -2.13. The van der Waals surface area contributed by atoms with Crippen molar-refractivity contribution in [3.8, 4) is 0 Å². The van der Waals surface area contributed by atoms with E-state index in [4.69, 9.17) is 0 Å². The molecule has 0 aliphatic carbocycles. The van der Waals surface area contributed by atoms with Crippen LogP contribution in [0.2, 0.25) is 0 Å². The molecule has 3 heteroatoms. The van der Waals surface area contributed by atoms with E-state index in [2.05, 4.69) is 49.6 Å². The lowest BCUT2D eigenvalue weighted by molar-refractivity contribution is 0.434. The van der Waals surface area contributed by atoms with Crippen molar-refractivity contribution in [3.63, 3.8) is 0 Å². The molecule has 0 unspecified atom stereocenters. The van der Waals surface area contributed by atoms with Crippen LogP contribution in [0.4, 0.5) is 0 Å². The Bertz CT molecular complexity index is 325. The van der Waals surface area contributed by atoms with Crippen molar-refractivity contribution in [2.75, 3.05) is 7.05 Å². The third kappa shape index (κ3) is 5.91. The van der Waals surface area contributed by atoms with Gasteiger partial charge in [0.2, 0.25) is 0 Å². The van der Waals surface area contributed by atoms with Crippen molar-refractivity contribution in [2.24, 2.45) is 15.6 Å². The smallest absolute Gasteiger partial charge is 0.0613 e. The number of rotatable bonds is 6. The normalized spacial score (nSPS) is 13.2. The Morgan fingerprint density at radius 1 is 1.31 bits per heavy atom. The van der Waals surface area contributed by atoms with Crippen molar-refractivity contribution < 1.29 is 0 Å². The summed E-state index contributed by atoms with van der Waals surface area (Å²) in [5, 5.41) is 9.93. The number of hydrogen-bond donors (Lipinski definition) is 0. The van der Waals surface area contributed by atoms with E-state index in [1.807, 2.05) is 6.92 Å². The molecule has 0 spiro atoms. The van der Waals surface area contributed by atoms with Crippen LogP contribution in [-0.4, -0.2) is 7.05 Å². The van der Waals surface area contributed by atoms with Gasteiger partial charge in [0.25, 0.3) is 0 Å². The molecule has 0 radical (unpaired) electrons. The zero-order valence-electron chi connectivity index (χ0n) is 11.0. The minimum Gasteiger partial charge on any atom is -0.192 e. The predicted octanol–water partition coefficient (Wildman–Crippen LogP) is 5.17. The first-order chi connectivity index (χ1) is 7.29. The molecule has 0 heterocycles. The summed E-state index contributed by atoms with van der Waals surface area (Å²) >= 11 is 1.66. The summed E-state index contributed by atoms with van der Waals surface area (Å²) in [7, 11) is 1.67. The molecule has 0 aliphatic rings. The molecule has 0 aliphatic heterocycles. The maximum atomic E-state index is 4.02. The van der Waals surface area contributed by atoms with E-state index in [0.717, 1.165) is 17.0 Å². The maximum absolute atomic E-state index is 4.02. The Hall–Kier alpha value is -0.830. The quantitative estimate of drug-likeness (QED) is 0.586. The van der Waals surface area contributed by atoms with Crippen LogP contribution in [0.25, 0.3) is 0 Å². The minimum absolute atomic E-state index is 0.0459. The zero-order valence-corrected chi connectivity index (χ0v) is 11.8. The van der Waals surface area contributed by atoms with E-state index in [1.54, 1.807) is 18.8 Å². The summed E-state index contributed by atoms with van der Waals surface area (Å²) < 4.78 is 0. The van der Waals surface area contributed by atoms with Crippen LogP contribution in [-0.2, 0) is 0 Å². The first-order valence-corrected chi connectivity index (χ1v) is 6.14. The van der Waals surface area contributed by atoms with Gasteiger partial charge in [0, 0.05) is 12.5 Å². The molecule has 0 N–H and O–H groups in total. The molecule has 0 aromatic rings. The summed E-state index contributed by atoms with van der Waals surface area (Å²) in [5.41, 5.74) is 2.09. The monoisotopic (exact) mass is 238 g/mol. The predicted molar refractivity (Wildman–Crippen MR) is 74.5 cm³/mol. The zero-order chi connectivity index (χ0) is 12.8. The van der Waals surface area contributed by atoms with Crippen LogP contribution >= 0.6 is 11.8 Å². The van der Waals surface area contributed by atoms with Gasteiger partial charge >= 0.3 is 0 Å². The van der Waals surface area contributed by atoms with Gasteiger partial charge < -0.3 is 0 Å². The molecule has 0 bridgehead atoms. The molecule has 0 saturated heterocycles. The first kappa shape index (κ1) is 15.2. The fourth-order valence-corrected chi connectivity index (χ4v) is 1.78. The molecule has 0 aromatic carbocycles. The Morgan fingerprint density at radius 2 is 1.88 bits per heavy atom. The van der Waals surface area contributed by atoms with Gasteiger partial charge in [-0.2, -0.15) is 10.2 Å². The van der Waals surface area contributed by atoms with Gasteiger partial charge in [-0.3, -0.25) is 0 Å². The van der Waals surface area contributed by atoms with Gasteiger partial charge in [0.1, 0.15) is 0 Å². The molecule has 90 valence electrons. The maximum Gasteiger partial charge on any atom is 0.0613 e. The summed E-state index contributed by atoms with van der Waals surface area (Å²) in [6.45, 7) is 16.2. The van der Waals surface area contributed by atoms with Crippen molar-refractivity contribution >= 4 is 11.8 Å². The second kappa shape index (κ2) is 6.69. The minimum atomic E-state index is -0.0459. The molecule has 16 heavy (non-hydrogen) atoms. The first-order valence-electron chi connectivity index (χ1n) is 5.26. The third-order valence-electron chi connectivity index (χ3n) is 2.18. The molecule has 0 rings (SSSR count). The van der Waals surface area contributed by atoms with Gasteiger partial charge in [-0.25, -0.2) is 0 Å². The molecular formula is C13H22N2S. The summed E-state index contributed by atoms with van der Waals surface area (Å²) in [4.78, 5) is 1.10. The van der Waals surface area contributed by atoms with Crippen LogP contribution in [0.5, 0.6) is 0 Å². The third-order valence-corrected chi connectivity index (χ3v) is 3.11. The number of thioether (sulfide) groups is 1. The van der Waals surface area contributed by atoms with Gasteiger partial charge in [0.05, 0.1) is 5.70 Å². The van der Waals surface area contributed by atoms with Crippen LogP contribution < -0.4 is 0 Å². The van der Waals surface area contributed by atoms with Crippen molar-refractivity contribution in [3.05, 3.63) is 34.7 Å². The summed E-state index contributed by atoms with van der Waals surface area (Å²) in [5.74, 6) is 0. The van der Waals surface area contributed by atoms with Crippen molar-refractivity contribution in [1.29, 1.82) is 0 Å². The van der Waals surface area contributed by atoms with Gasteiger partial charge in [-0.15, -0.1) is 11.8 Å². The summed E-state index contributed by atoms with van der Waals surface area (Å²) in [6.07, 6.45) is 0.936. The highest BCUT2D eigenvalue weighted by Gasteiger charge is 2.22. The molecule has 0 aromatic heterocycles. The Balaban J connectivity index is 4.52. The van der Waals surface area contributed by atoms with E-state index in [1.165, 1.54) is 5.57 Å². The fraction of sp³-hybridized carbons (Fsp3) is 0.538. The van der Waals surface area contributed by atoms with E-state index >= 15 is 0 Å². The Kier molecular flexibility index (Phi) is 6.34. The van der Waals surface area contributed by atoms with Crippen molar-refractivity contribution in [2.45, 2.75) is 34.1 Å². The van der Waals surface area contributed by atoms with Crippen LogP contribution in [0.3, 0.4) is 0 Å². The fourth-order valence-electron chi connectivity index (χ4n) is 1.30. The second-order valence-electron chi connectivity index (χ2n) is 4.59. The molecule has 0 saturated carbocycles. The highest BCUT2D eigenvalue weighted by Crippen LogP contribution is 2.34. The average Bonchev–Trinajstić information content (AvgIpc) is 2.14. The number of azo groups is 1. The topological polar surface area (TPSA) is 24.7 Å². The standard InChI is InChI=1S/C13H22N2S/c1-10(2)16-9-11(3)8-13(5,6)12(4)15-14-7/h9H,1,4,8H2,2-3,5-7H3/b11-9+,15-14?. The van der Waals surface area contributed by atoms with Gasteiger partial charge in [-0.05, 0) is 30.6 Å². The van der Waals surface area contributed by atoms with Crippen LogP contribution in [0.1, 0.15) is 34.1 Å². The second-order valence-corrected chi connectivity index (χ2v) is 5.76. The van der Waals surface area contributed by atoms with E-state index in [0.29, 0.717) is 0 Å². The number of allylic oxidation sites excluding steroid dienone is 3. The lowest BCUT2D eigenvalue weighted by atomic mass is 9.84. The highest BCUT2D eigenvalue weighted by atomic mass is 32.2. The molecular weight excluding hydrogens is 216 g/mol. The van der Waals surface area contributed by atoms with Crippen LogP contribution in [0.15, 0.2) is 45.0 Å². The average molecular weight is 238 g/mol. The van der Waals surface area contributed by atoms with Gasteiger partial charge in [0.15, 0.2) is 0 Å². The molecule has 0 amide bonds. The number of nitrogens with zero attached hydrogens (tertiary/aromatic N) is 2. The van der Waals surface area contributed by atoms with E-state index < -0.39 is 0 Å². The largest absolute Gasteiger partial charge is 0.192 e. The molecule has 0 atom stereocenters. The highest BCUT2D eigenvalue weighted by molar-refractivity contribution is 8.05. The lowest BCUT2D eigenvalue weighted by Gasteiger charge is -2.24. The Labute approximate surface area is 104 Å². The van der Waals surface area contributed by atoms with Crippen molar-refractivity contribution in [1.82, 2.24) is 0 Å². The Morgan fingerprint density at radius 3 is 2.31 bits per heavy atom. The van der Waals surface area contributed by atoms with Gasteiger partial charge in [-0.1, -0.05) is 32.6 Å². The van der Waals surface area contributed by atoms with E-state index in [9.17, 15) is 0 Å².